The lowest BCUT2D eigenvalue weighted by Crippen LogP contribution is -2.43. The summed E-state index contributed by atoms with van der Waals surface area (Å²) in [4.78, 5) is 38.4. The molecule has 1 N–H and O–H groups in total. The van der Waals surface area contributed by atoms with E-state index >= 15 is 0 Å². The number of pyridine rings is 1. The van der Waals surface area contributed by atoms with E-state index in [0.717, 1.165) is 22.1 Å². The predicted molar refractivity (Wildman–Crippen MR) is 103 cm³/mol. The number of anilines is 2. The lowest BCUT2D eigenvalue weighted by molar-refractivity contribution is -0.138. The first-order valence-corrected chi connectivity index (χ1v) is 9.58. The number of halogens is 6. The van der Waals surface area contributed by atoms with Crippen LogP contribution in [0.1, 0.15) is 25.0 Å². The topological polar surface area (TPSA) is 91.3 Å². The van der Waals surface area contributed by atoms with Gasteiger partial charge in [0.25, 0.3) is 0 Å². The van der Waals surface area contributed by atoms with Crippen molar-refractivity contribution in [3.05, 3.63) is 41.9 Å². The Morgan fingerprint density at radius 3 is 2.24 bits per heavy atom. The Hall–Kier alpha value is -3.45. The first kappa shape index (κ1) is 24.2. The van der Waals surface area contributed by atoms with Crippen LogP contribution < -0.4 is 10.2 Å². The van der Waals surface area contributed by atoms with E-state index < -0.39 is 48.0 Å². The molecule has 0 spiro atoms. The largest absolute Gasteiger partial charge is 0.419 e. The van der Waals surface area contributed by atoms with Crippen molar-refractivity contribution in [1.29, 1.82) is 0 Å². The number of hydrogen-bond donors (Lipinski definition) is 1. The molecule has 0 radical (unpaired) electrons. The highest BCUT2D eigenvalue weighted by Crippen LogP contribution is 2.31. The van der Waals surface area contributed by atoms with Crippen LogP contribution in [0, 0.1) is 5.92 Å². The first-order chi connectivity index (χ1) is 15.3. The Morgan fingerprint density at radius 2 is 1.70 bits per heavy atom. The summed E-state index contributed by atoms with van der Waals surface area (Å²) in [5.41, 5.74) is -2.08. The van der Waals surface area contributed by atoms with Crippen molar-refractivity contribution in [1.82, 2.24) is 19.9 Å². The number of amides is 3. The van der Waals surface area contributed by atoms with Gasteiger partial charge < -0.3 is 10.2 Å². The minimum Gasteiger partial charge on any atom is -0.310 e. The van der Waals surface area contributed by atoms with Crippen molar-refractivity contribution < 1.29 is 35.9 Å². The summed E-state index contributed by atoms with van der Waals surface area (Å²) in [6.45, 7) is 3.04. The second-order valence-electron chi connectivity index (χ2n) is 7.58. The van der Waals surface area contributed by atoms with Crippen LogP contribution >= 0.6 is 0 Å². The summed E-state index contributed by atoms with van der Waals surface area (Å²) < 4.78 is 76.7. The van der Waals surface area contributed by atoms with Crippen molar-refractivity contribution in [2.75, 3.05) is 23.3 Å². The zero-order valence-corrected chi connectivity index (χ0v) is 17.3. The van der Waals surface area contributed by atoms with Gasteiger partial charge in [-0.2, -0.15) is 26.3 Å². The molecular weight excluding hydrogens is 458 g/mol. The molecule has 1 fully saturated rings. The third kappa shape index (κ3) is 5.49. The number of carbonyl (C=O) groups is 2. The summed E-state index contributed by atoms with van der Waals surface area (Å²) in [7, 11) is 0. The molecule has 1 aliphatic heterocycles. The number of aromatic nitrogens is 3. The van der Waals surface area contributed by atoms with Crippen molar-refractivity contribution in [2.24, 2.45) is 5.92 Å². The van der Waals surface area contributed by atoms with Gasteiger partial charge in [-0.15, -0.1) is 0 Å². The fourth-order valence-corrected chi connectivity index (χ4v) is 3.20. The zero-order chi connectivity index (χ0) is 24.6. The van der Waals surface area contributed by atoms with E-state index in [0.29, 0.717) is 18.5 Å². The van der Waals surface area contributed by atoms with E-state index in [9.17, 15) is 35.9 Å². The maximum Gasteiger partial charge on any atom is 0.419 e. The average molecular weight is 476 g/mol. The van der Waals surface area contributed by atoms with Crippen LogP contribution in [0.2, 0.25) is 0 Å². The summed E-state index contributed by atoms with van der Waals surface area (Å²) in [6, 6.07) is 0.159. The highest BCUT2D eigenvalue weighted by molar-refractivity contribution is 5.98. The van der Waals surface area contributed by atoms with E-state index in [2.05, 4.69) is 20.3 Å². The van der Waals surface area contributed by atoms with Crippen LogP contribution in [0.15, 0.2) is 30.7 Å². The molecule has 3 rings (SSSR count). The van der Waals surface area contributed by atoms with Gasteiger partial charge >= 0.3 is 18.4 Å². The van der Waals surface area contributed by atoms with Crippen LogP contribution in [0.5, 0.6) is 0 Å². The summed E-state index contributed by atoms with van der Waals surface area (Å²) in [5, 5.41) is 2.22. The zero-order valence-electron chi connectivity index (χ0n) is 17.3. The second-order valence-corrected chi connectivity index (χ2v) is 7.58. The molecular formula is C19H18F6N6O2. The van der Waals surface area contributed by atoms with Crippen LogP contribution in [0.4, 0.5) is 42.9 Å². The Kier molecular flexibility index (Phi) is 6.47. The van der Waals surface area contributed by atoms with Crippen LogP contribution in [0.25, 0.3) is 0 Å². The average Bonchev–Trinajstić information content (AvgIpc) is 3.03. The molecule has 3 amide bonds. The molecule has 178 valence electrons. The van der Waals surface area contributed by atoms with Gasteiger partial charge in [0, 0.05) is 18.6 Å². The third-order valence-electron chi connectivity index (χ3n) is 4.89. The summed E-state index contributed by atoms with van der Waals surface area (Å²) >= 11 is 0. The van der Waals surface area contributed by atoms with Gasteiger partial charge in [-0.3, -0.25) is 9.69 Å². The van der Waals surface area contributed by atoms with Gasteiger partial charge in [0.1, 0.15) is 12.4 Å². The standard InChI is InChI=1S/C19H18F6N6O2/c1-10(2)13-8-31(16-27-6-12(7-28-16)19(23,24)25)17(33)30(13)9-15(32)29-14-5-11(3-4-26-14)18(20,21)22/h3-7,10,13H,8-9H2,1-2H3,(H,26,29,32)/t13-/m1/s1. The van der Waals surface area contributed by atoms with E-state index in [1.165, 1.54) is 0 Å². The number of nitrogens with zero attached hydrogens (tertiary/aromatic N) is 5. The molecule has 0 aliphatic carbocycles. The molecule has 14 heteroatoms. The van der Waals surface area contributed by atoms with Crippen LogP contribution in [-0.2, 0) is 17.1 Å². The molecule has 1 saturated heterocycles. The molecule has 0 unspecified atom stereocenters. The molecule has 8 nitrogen and oxygen atoms in total. The fraction of sp³-hybridized carbons (Fsp3) is 0.421. The minimum atomic E-state index is -4.64. The highest BCUT2D eigenvalue weighted by Gasteiger charge is 2.42. The van der Waals surface area contributed by atoms with E-state index in [1.807, 2.05) is 0 Å². The van der Waals surface area contributed by atoms with Crippen LogP contribution in [-0.4, -0.2) is 50.9 Å². The summed E-state index contributed by atoms with van der Waals surface area (Å²) in [5.74, 6) is -1.56. The molecule has 33 heavy (non-hydrogen) atoms. The third-order valence-corrected chi connectivity index (χ3v) is 4.89. The van der Waals surface area contributed by atoms with E-state index in [-0.39, 0.29) is 24.2 Å². The number of hydrogen-bond acceptors (Lipinski definition) is 5. The molecule has 0 saturated carbocycles. The fourth-order valence-electron chi connectivity index (χ4n) is 3.20. The molecule has 0 aromatic carbocycles. The van der Waals surface area contributed by atoms with Crippen LogP contribution in [0.3, 0.4) is 0 Å². The molecule has 1 atom stereocenters. The SMILES string of the molecule is CC(C)[C@H]1CN(c2ncc(C(F)(F)F)cn2)C(=O)N1CC(=O)Nc1cc(C(F)(F)F)ccn1. The van der Waals surface area contributed by atoms with Crippen molar-refractivity contribution >= 4 is 23.7 Å². The van der Waals surface area contributed by atoms with Gasteiger partial charge in [0.2, 0.25) is 11.9 Å². The van der Waals surface area contributed by atoms with Gasteiger partial charge in [-0.05, 0) is 18.1 Å². The molecule has 3 heterocycles. The smallest absolute Gasteiger partial charge is 0.310 e. The quantitative estimate of drug-likeness (QED) is 0.663. The number of urea groups is 1. The number of rotatable bonds is 5. The Bertz CT molecular complexity index is 1020. The predicted octanol–water partition coefficient (Wildman–Crippen LogP) is 3.81. The van der Waals surface area contributed by atoms with Gasteiger partial charge in [-0.25, -0.2) is 19.7 Å². The molecule has 0 bridgehead atoms. The van der Waals surface area contributed by atoms with Crippen molar-refractivity contribution in [3.8, 4) is 0 Å². The van der Waals surface area contributed by atoms with Gasteiger partial charge in [0.05, 0.1) is 23.7 Å². The second kappa shape index (κ2) is 8.83. The lowest BCUT2D eigenvalue weighted by Gasteiger charge is -2.25. The minimum absolute atomic E-state index is 0.0109. The molecule has 2 aromatic rings. The Labute approximate surface area is 183 Å². The van der Waals surface area contributed by atoms with E-state index in [4.69, 9.17) is 0 Å². The van der Waals surface area contributed by atoms with Gasteiger partial charge in [0.15, 0.2) is 0 Å². The molecule has 1 aliphatic rings. The first-order valence-electron chi connectivity index (χ1n) is 9.58. The maximum atomic E-state index is 12.9. The maximum absolute atomic E-state index is 12.9. The van der Waals surface area contributed by atoms with Crippen molar-refractivity contribution in [3.63, 3.8) is 0 Å². The Balaban J connectivity index is 1.75. The van der Waals surface area contributed by atoms with E-state index in [1.54, 1.807) is 13.8 Å². The number of nitrogens with one attached hydrogen (secondary N) is 1. The van der Waals surface area contributed by atoms with Crippen molar-refractivity contribution in [2.45, 2.75) is 32.2 Å². The number of carbonyl (C=O) groups excluding carboxylic acids is 2. The lowest BCUT2D eigenvalue weighted by atomic mass is 10.0. The highest BCUT2D eigenvalue weighted by atomic mass is 19.4. The Morgan fingerprint density at radius 1 is 1.09 bits per heavy atom. The molecule has 2 aromatic heterocycles. The number of alkyl halides is 6. The van der Waals surface area contributed by atoms with Gasteiger partial charge in [-0.1, -0.05) is 13.8 Å². The monoisotopic (exact) mass is 476 g/mol. The summed E-state index contributed by atoms with van der Waals surface area (Å²) in [6.07, 6.45) is -7.28. The normalized spacial score (nSPS) is 17.1.